The van der Waals surface area contributed by atoms with E-state index in [2.05, 4.69) is 57.3 Å². The van der Waals surface area contributed by atoms with E-state index in [1.54, 1.807) is 6.07 Å². The maximum atomic E-state index is 9.10. The van der Waals surface area contributed by atoms with Crippen LogP contribution in [0.15, 0.2) is 48.7 Å². The molecule has 0 spiro atoms. The zero-order chi connectivity index (χ0) is 17.9. The predicted molar refractivity (Wildman–Crippen MR) is 102 cm³/mol. The van der Waals surface area contributed by atoms with E-state index in [9.17, 15) is 0 Å². The standard InChI is InChI=1S/C21H21N5/c1-15-7-9-16(10-8-15)19-13-23-25-21(19)17-4-3-11-26(14-17)20-6-2-5-18(12-22)24-20/h2,5-10,13,17H,3-4,11,14H2,1H3,(H,23,25). The lowest BCUT2D eigenvalue weighted by molar-refractivity contribution is 0.498. The Balaban J connectivity index is 1.60. The molecule has 26 heavy (non-hydrogen) atoms. The average molecular weight is 343 g/mol. The summed E-state index contributed by atoms with van der Waals surface area (Å²) in [5, 5.41) is 16.7. The molecule has 0 radical (unpaired) electrons. The molecule has 1 aromatic carbocycles. The van der Waals surface area contributed by atoms with E-state index in [1.165, 1.54) is 22.4 Å². The first kappa shape index (κ1) is 16.3. The molecule has 0 bridgehead atoms. The van der Waals surface area contributed by atoms with Gasteiger partial charge in [-0.1, -0.05) is 35.9 Å². The van der Waals surface area contributed by atoms with E-state index in [-0.39, 0.29) is 0 Å². The van der Waals surface area contributed by atoms with E-state index >= 15 is 0 Å². The number of pyridine rings is 1. The van der Waals surface area contributed by atoms with Gasteiger partial charge in [-0.3, -0.25) is 5.10 Å². The molecule has 1 unspecified atom stereocenters. The van der Waals surface area contributed by atoms with Crippen molar-refractivity contribution in [2.75, 3.05) is 18.0 Å². The molecule has 1 saturated heterocycles. The highest BCUT2D eigenvalue weighted by molar-refractivity contribution is 5.66. The van der Waals surface area contributed by atoms with Crippen molar-refractivity contribution >= 4 is 5.82 Å². The third-order valence-electron chi connectivity index (χ3n) is 5.03. The molecule has 0 saturated carbocycles. The second-order valence-electron chi connectivity index (χ2n) is 6.84. The fourth-order valence-corrected chi connectivity index (χ4v) is 3.65. The summed E-state index contributed by atoms with van der Waals surface area (Å²) < 4.78 is 0. The van der Waals surface area contributed by atoms with Crippen LogP contribution in [0.1, 0.15) is 35.7 Å². The summed E-state index contributed by atoms with van der Waals surface area (Å²) in [5.41, 5.74) is 5.28. The molecule has 5 heteroatoms. The monoisotopic (exact) mass is 343 g/mol. The third kappa shape index (κ3) is 3.18. The maximum Gasteiger partial charge on any atom is 0.142 e. The van der Waals surface area contributed by atoms with Crippen LogP contribution in [-0.4, -0.2) is 28.3 Å². The number of aromatic amines is 1. The molecule has 3 heterocycles. The smallest absolute Gasteiger partial charge is 0.142 e. The number of nitriles is 1. The summed E-state index contributed by atoms with van der Waals surface area (Å²) in [6, 6.07) is 16.3. The second kappa shape index (κ2) is 7.01. The van der Waals surface area contributed by atoms with Crippen LogP contribution in [0.2, 0.25) is 0 Å². The number of anilines is 1. The molecule has 5 nitrogen and oxygen atoms in total. The molecule has 0 aliphatic carbocycles. The number of H-pyrrole nitrogens is 1. The molecule has 1 atom stereocenters. The van der Waals surface area contributed by atoms with Gasteiger partial charge in [0.2, 0.25) is 0 Å². The van der Waals surface area contributed by atoms with Crippen molar-refractivity contribution in [2.24, 2.45) is 0 Å². The molecule has 1 aliphatic rings. The number of benzene rings is 1. The van der Waals surface area contributed by atoms with Gasteiger partial charge in [0.05, 0.1) is 6.20 Å². The number of nitrogens with zero attached hydrogens (tertiary/aromatic N) is 4. The molecule has 2 aromatic heterocycles. The second-order valence-corrected chi connectivity index (χ2v) is 6.84. The van der Waals surface area contributed by atoms with E-state index in [0.717, 1.165) is 31.7 Å². The van der Waals surface area contributed by atoms with Gasteiger partial charge in [0, 0.05) is 30.3 Å². The predicted octanol–water partition coefficient (Wildman–Crippen LogP) is 4.04. The first-order valence-corrected chi connectivity index (χ1v) is 8.97. The fourth-order valence-electron chi connectivity index (χ4n) is 3.65. The number of piperidine rings is 1. The average Bonchev–Trinajstić information content (AvgIpc) is 3.18. The van der Waals surface area contributed by atoms with Crippen molar-refractivity contribution in [1.29, 1.82) is 5.26 Å². The van der Waals surface area contributed by atoms with Crippen molar-refractivity contribution < 1.29 is 0 Å². The summed E-state index contributed by atoms with van der Waals surface area (Å²) in [6.07, 6.45) is 4.14. The first-order chi connectivity index (χ1) is 12.7. The van der Waals surface area contributed by atoms with E-state index in [4.69, 9.17) is 5.26 Å². The topological polar surface area (TPSA) is 68.6 Å². The van der Waals surface area contributed by atoms with Gasteiger partial charge in [0.1, 0.15) is 17.6 Å². The molecular weight excluding hydrogens is 322 g/mol. The van der Waals surface area contributed by atoms with Gasteiger partial charge in [-0.25, -0.2) is 4.98 Å². The first-order valence-electron chi connectivity index (χ1n) is 8.97. The molecule has 3 aromatic rings. The Labute approximate surface area is 153 Å². The van der Waals surface area contributed by atoms with Crippen LogP contribution in [-0.2, 0) is 0 Å². The number of hydrogen-bond donors (Lipinski definition) is 1. The fraction of sp³-hybridized carbons (Fsp3) is 0.286. The Kier molecular flexibility index (Phi) is 4.40. The summed E-state index contributed by atoms with van der Waals surface area (Å²) in [7, 11) is 0. The zero-order valence-electron chi connectivity index (χ0n) is 14.8. The minimum Gasteiger partial charge on any atom is -0.356 e. The number of hydrogen-bond acceptors (Lipinski definition) is 4. The van der Waals surface area contributed by atoms with Crippen molar-refractivity contribution in [3.05, 3.63) is 65.6 Å². The number of aryl methyl sites for hydroxylation is 1. The van der Waals surface area contributed by atoms with Crippen molar-refractivity contribution in [1.82, 2.24) is 15.2 Å². The van der Waals surface area contributed by atoms with Gasteiger partial charge in [0.25, 0.3) is 0 Å². The SMILES string of the molecule is Cc1ccc(-c2cn[nH]c2C2CCCN(c3cccc(C#N)n3)C2)cc1. The number of rotatable bonds is 3. The molecule has 4 rings (SSSR count). The Hall–Kier alpha value is -3.13. The summed E-state index contributed by atoms with van der Waals surface area (Å²) in [4.78, 5) is 6.73. The summed E-state index contributed by atoms with van der Waals surface area (Å²) in [6.45, 7) is 3.94. The number of aromatic nitrogens is 3. The van der Waals surface area contributed by atoms with Crippen LogP contribution in [0.4, 0.5) is 5.82 Å². The lowest BCUT2D eigenvalue weighted by Gasteiger charge is -2.33. The van der Waals surface area contributed by atoms with E-state index < -0.39 is 0 Å². The van der Waals surface area contributed by atoms with E-state index in [1.807, 2.05) is 18.3 Å². The Morgan fingerprint density at radius 1 is 1.19 bits per heavy atom. The highest BCUT2D eigenvalue weighted by Gasteiger charge is 2.26. The van der Waals surface area contributed by atoms with Crippen molar-refractivity contribution in [3.8, 4) is 17.2 Å². The van der Waals surface area contributed by atoms with Gasteiger partial charge >= 0.3 is 0 Å². The van der Waals surface area contributed by atoms with Crippen LogP contribution in [0, 0.1) is 18.3 Å². The lowest BCUT2D eigenvalue weighted by Crippen LogP contribution is -2.35. The summed E-state index contributed by atoms with van der Waals surface area (Å²) in [5.74, 6) is 1.25. The molecule has 1 fully saturated rings. The molecule has 130 valence electrons. The van der Waals surface area contributed by atoms with Gasteiger partial charge in [0.15, 0.2) is 0 Å². The van der Waals surface area contributed by atoms with Crippen LogP contribution < -0.4 is 4.90 Å². The van der Waals surface area contributed by atoms with Gasteiger partial charge in [-0.15, -0.1) is 0 Å². The van der Waals surface area contributed by atoms with E-state index in [0.29, 0.717) is 11.6 Å². The Morgan fingerprint density at radius 2 is 2.04 bits per heavy atom. The minimum absolute atomic E-state index is 0.370. The maximum absolute atomic E-state index is 9.10. The van der Waals surface area contributed by atoms with Crippen LogP contribution in [0.3, 0.4) is 0 Å². The quantitative estimate of drug-likeness (QED) is 0.779. The largest absolute Gasteiger partial charge is 0.356 e. The molecule has 1 N–H and O–H groups in total. The molecular formula is C21H21N5. The highest BCUT2D eigenvalue weighted by atomic mass is 15.2. The Morgan fingerprint density at radius 3 is 2.85 bits per heavy atom. The van der Waals surface area contributed by atoms with Gasteiger partial charge in [-0.2, -0.15) is 10.4 Å². The van der Waals surface area contributed by atoms with Gasteiger partial charge in [-0.05, 0) is 37.5 Å². The van der Waals surface area contributed by atoms with Gasteiger partial charge < -0.3 is 4.90 Å². The third-order valence-corrected chi connectivity index (χ3v) is 5.03. The molecule has 0 amide bonds. The summed E-state index contributed by atoms with van der Waals surface area (Å²) >= 11 is 0. The van der Waals surface area contributed by atoms with Crippen LogP contribution in [0.25, 0.3) is 11.1 Å². The van der Waals surface area contributed by atoms with Crippen LogP contribution in [0.5, 0.6) is 0 Å². The lowest BCUT2D eigenvalue weighted by atomic mass is 9.90. The highest BCUT2D eigenvalue weighted by Crippen LogP contribution is 2.34. The zero-order valence-corrected chi connectivity index (χ0v) is 14.8. The number of nitrogens with one attached hydrogen (secondary N) is 1. The molecule has 1 aliphatic heterocycles. The van der Waals surface area contributed by atoms with Crippen LogP contribution >= 0.6 is 0 Å². The van der Waals surface area contributed by atoms with Crippen molar-refractivity contribution in [2.45, 2.75) is 25.7 Å². The normalized spacial score (nSPS) is 17.1. The Bertz CT molecular complexity index is 936. The van der Waals surface area contributed by atoms with Crippen molar-refractivity contribution in [3.63, 3.8) is 0 Å². The minimum atomic E-state index is 0.370.